The Morgan fingerprint density at radius 3 is 2.59 bits per heavy atom. The lowest BCUT2D eigenvalue weighted by atomic mass is 9.89. The molecule has 180 valence electrons. The van der Waals surface area contributed by atoms with Crippen LogP contribution in [0.1, 0.15) is 75.6 Å². The number of carbonyl (C=O) groups is 1. The molecule has 0 saturated carbocycles. The lowest BCUT2D eigenvalue weighted by molar-refractivity contribution is -0.112. The van der Waals surface area contributed by atoms with Crippen molar-refractivity contribution in [3.63, 3.8) is 0 Å². The van der Waals surface area contributed by atoms with Gasteiger partial charge < -0.3 is 10.1 Å². The molecule has 2 aromatic carbocycles. The van der Waals surface area contributed by atoms with Crippen molar-refractivity contribution in [1.82, 2.24) is 5.32 Å². The quantitative estimate of drug-likeness (QED) is 0.296. The average molecular weight is 466 g/mol. The first-order valence-electron chi connectivity index (χ1n) is 11.9. The number of carbonyl (C=O) groups excluding carboxylic acids is 1. The summed E-state index contributed by atoms with van der Waals surface area (Å²) in [6.07, 6.45) is 4.32. The van der Waals surface area contributed by atoms with Crippen LogP contribution in [0.2, 0.25) is 0 Å². The first-order chi connectivity index (χ1) is 16.2. The van der Waals surface area contributed by atoms with E-state index in [0.29, 0.717) is 33.7 Å². The minimum Gasteiger partial charge on any atom is -0.461 e. The molecule has 0 bridgehead atoms. The summed E-state index contributed by atoms with van der Waals surface area (Å²) in [5, 5.41) is 3.47. The normalized spacial score (nSPS) is 15.1. The molecule has 0 fully saturated rings. The maximum absolute atomic E-state index is 15.3. The van der Waals surface area contributed by atoms with Gasteiger partial charge in [0.05, 0.1) is 5.70 Å². The van der Waals surface area contributed by atoms with Crippen molar-refractivity contribution in [3.05, 3.63) is 76.8 Å². The molecular weight excluding hydrogens is 432 g/mol. The molecule has 0 amide bonds. The third kappa shape index (κ3) is 5.84. The van der Waals surface area contributed by atoms with E-state index in [1.165, 1.54) is 13.0 Å². The Balaban J connectivity index is 1.96. The molecule has 5 heteroatoms. The minimum atomic E-state index is -1.44. The van der Waals surface area contributed by atoms with Gasteiger partial charge in [0.15, 0.2) is 5.78 Å². The van der Waals surface area contributed by atoms with Crippen LogP contribution in [0.25, 0.3) is 17.3 Å². The van der Waals surface area contributed by atoms with Gasteiger partial charge in [-0.3, -0.25) is 4.79 Å². The van der Waals surface area contributed by atoms with Gasteiger partial charge >= 0.3 is 0 Å². The molecule has 0 spiro atoms. The van der Waals surface area contributed by atoms with Gasteiger partial charge in [-0.1, -0.05) is 45.4 Å². The topological polar surface area (TPSA) is 38.3 Å². The van der Waals surface area contributed by atoms with Crippen LogP contribution in [0.15, 0.2) is 48.7 Å². The van der Waals surface area contributed by atoms with E-state index in [2.05, 4.69) is 38.4 Å². The van der Waals surface area contributed by atoms with E-state index in [1.54, 1.807) is 36.4 Å². The van der Waals surface area contributed by atoms with E-state index in [9.17, 15) is 9.18 Å². The molecule has 1 unspecified atom stereocenters. The highest BCUT2D eigenvalue weighted by Gasteiger charge is 2.29. The third-order valence-electron chi connectivity index (χ3n) is 6.08. The third-order valence-corrected chi connectivity index (χ3v) is 6.08. The number of rotatable bonds is 10. The van der Waals surface area contributed by atoms with Crippen LogP contribution in [0.5, 0.6) is 5.75 Å². The van der Waals surface area contributed by atoms with Crippen molar-refractivity contribution >= 4 is 23.1 Å². The molecule has 1 atom stereocenters. The summed E-state index contributed by atoms with van der Waals surface area (Å²) in [6.45, 7) is 11.5. The Kier molecular flexibility index (Phi) is 8.11. The van der Waals surface area contributed by atoms with Crippen LogP contribution in [0, 0.1) is 5.82 Å². The highest BCUT2D eigenvalue weighted by molar-refractivity contribution is 6.29. The van der Waals surface area contributed by atoms with E-state index in [4.69, 9.17) is 4.74 Å². The zero-order valence-electron chi connectivity index (χ0n) is 20.4. The maximum Gasteiger partial charge on any atom is 0.235 e. The van der Waals surface area contributed by atoms with Gasteiger partial charge in [-0.25, -0.2) is 8.78 Å². The lowest BCUT2D eigenvalue weighted by Gasteiger charge is -2.32. The Hall–Kier alpha value is -3.17. The molecular formula is C29H33F2NO2. The Labute approximate surface area is 201 Å². The van der Waals surface area contributed by atoms with Crippen LogP contribution >= 0.6 is 0 Å². The van der Waals surface area contributed by atoms with Crippen molar-refractivity contribution in [3.8, 4) is 5.75 Å². The van der Waals surface area contributed by atoms with Crippen molar-refractivity contribution in [2.24, 2.45) is 0 Å². The summed E-state index contributed by atoms with van der Waals surface area (Å²) >= 11 is 0. The van der Waals surface area contributed by atoms with E-state index in [0.717, 1.165) is 31.2 Å². The number of ketones is 1. The Morgan fingerprint density at radius 2 is 1.97 bits per heavy atom. The van der Waals surface area contributed by atoms with E-state index in [-0.39, 0.29) is 17.7 Å². The summed E-state index contributed by atoms with van der Waals surface area (Å²) in [5.74, 6) is -0.155. The number of halogens is 2. The zero-order chi connectivity index (χ0) is 24.9. The van der Waals surface area contributed by atoms with E-state index >= 15 is 4.39 Å². The monoisotopic (exact) mass is 465 g/mol. The number of hydrogen-bond acceptors (Lipinski definition) is 3. The molecule has 3 nitrogen and oxygen atoms in total. The van der Waals surface area contributed by atoms with Crippen LogP contribution < -0.4 is 10.1 Å². The predicted molar refractivity (Wildman–Crippen MR) is 135 cm³/mol. The number of allylic oxidation sites excluding steroid dienone is 1. The summed E-state index contributed by atoms with van der Waals surface area (Å²) in [6, 6.07) is 9.97. The highest BCUT2D eigenvalue weighted by atomic mass is 19.1. The number of fused-ring (bicyclic) bond motifs is 1. The smallest absolute Gasteiger partial charge is 0.235 e. The van der Waals surface area contributed by atoms with Crippen LogP contribution in [-0.4, -0.2) is 17.7 Å². The standard InChI is InChI=1S/C29H33F2NO2/c1-6-12-29(5,13-7-2)32-27(8-3)25-16-21-17-28(33)24(23(21)18-26(25)31)15-20-10-9-11-22(14-20)34-19(4)30/h9-11,14-16,18-19,32H,3,6-7,12-13,17H2,1-2,4-5H3/b24-15-. The van der Waals surface area contributed by atoms with Gasteiger partial charge in [0.1, 0.15) is 11.6 Å². The minimum absolute atomic E-state index is 0.0874. The van der Waals surface area contributed by atoms with Gasteiger partial charge in [0, 0.05) is 30.0 Å². The van der Waals surface area contributed by atoms with Crippen LogP contribution in [0.3, 0.4) is 0 Å². The number of nitrogens with one attached hydrogen (secondary N) is 1. The summed E-state index contributed by atoms with van der Waals surface area (Å²) < 4.78 is 33.6. The van der Waals surface area contributed by atoms with Crippen molar-refractivity contribution < 1.29 is 18.3 Å². The molecule has 34 heavy (non-hydrogen) atoms. The summed E-state index contributed by atoms with van der Waals surface area (Å²) in [7, 11) is 0. The largest absolute Gasteiger partial charge is 0.461 e. The second kappa shape index (κ2) is 10.8. The first-order valence-corrected chi connectivity index (χ1v) is 11.9. The molecule has 1 N–H and O–H groups in total. The molecule has 2 aromatic rings. The van der Waals surface area contributed by atoms with Gasteiger partial charge in [-0.2, -0.15) is 0 Å². The molecule has 0 radical (unpaired) electrons. The fourth-order valence-electron chi connectivity index (χ4n) is 4.68. The van der Waals surface area contributed by atoms with Gasteiger partial charge in [0.2, 0.25) is 6.36 Å². The number of alkyl halides is 1. The predicted octanol–water partition coefficient (Wildman–Crippen LogP) is 7.26. The van der Waals surface area contributed by atoms with Gasteiger partial charge in [-0.05, 0) is 66.8 Å². The maximum atomic E-state index is 15.3. The molecule has 3 rings (SSSR count). The Bertz CT molecular complexity index is 1140. The van der Waals surface area contributed by atoms with Gasteiger partial charge in [-0.15, -0.1) is 5.73 Å². The lowest BCUT2D eigenvalue weighted by Crippen LogP contribution is -2.41. The number of ether oxygens (including phenoxy) is 1. The van der Waals surface area contributed by atoms with E-state index < -0.39 is 12.2 Å². The van der Waals surface area contributed by atoms with Crippen molar-refractivity contribution in [1.29, 1.82) is 0 Å². The average Bonchev–Trinajstić information content (AvgIpc) is 3.06. The molecule has 0 aromatic heterocycles. The first kappa shape index (κ1) is 25.5. The molecule has 0 heterocycles. The summed E-state index contributed by atoms with van der Waals surface area (Å²) in [4.78, 5) is 12.8. The zero-order valence-corrected chi connectivity index (χ0v) is 20.4. The van der Waals surface area contributed by atoms with E-state index in [1.807, 2.05) is 0 Å². The van der Waals surface area contributed by atoms with Crippen molar-refractivity contribution in [2.45, 2.75) is 71.7 Å². The summed E-state index contributed by atoms with van der Waals surface area (Å²) in [5.41, 5.74) is 6.02. The molecule has 0 aliphatic heterocycles. The second-order valence-electron chi connectivity index (χ2n) is 9.12. The fraction of sp³-hybridized carbons (Fsp3) is 0.379. The number of hydrogen-bond donors (Lipinski definition) is 1. The highest BCUT2D eigenvalue weighted by Crippen LogP contribution is 2.35. The molecule has 0 saturated heterocycles. The van der Waals surface area contributed by atoms with Crippen LogP contribution in [0.4, 0.5) is 8.78 Å². The molecule has 1 aliphatic rings. The number of benzene rings is 2. The molecule has 1 aliphatic carbocycles. The fourth-order valence-corrected chi connectivity index (χ4v) is 4.68. The SMILES string of the molecule is C=C=C(NC(C)(CCC)CCC)c1cc2c(cc1F)/C(=C/c1cccc(OC(C)F)c1)C(=O)C2. The number of Topliss-reactive ketones (excluding diaryl/α,β-unsaturated/α-hetero) is 1. The van der Waals surface area contributed by atoms with Crippen LogP contribution in [-0.2, 0) is 11.2 Å². The van der Waals surface area contributed by atoms with Crippen molar-refractivity contribution in [2.75, 3.05) is 0 Å². The Morgan fingerprint density at radius 1 is 1.26 bits per heavy atom. The van der Waals surface area contributed by atoms with Gasteiger partial charge in [0.25, 0.3) is 0 Å². The second-order valence-corrected chi connectivity index (χ2v) is 9.12.